The van der Waals surface area contributed by atoms with E-state index in [1.165, 1.54) is 24.1 Å². The fraction of sp³-hybridized carbons (Fsp3) is 0.560. The first kappa shape index (κ1) is 27.5. The van der Waals surface area contributed by atoms with Crippen molar-refractivity contribution >= 4 is 17.9 Å². The Morgan fingerprint density at radius 1 is 1.17 bits per heavy atom. The van der Waals surface area contributed by atoms with E-state index in [1.54, 1.807) is 6.92 Å². The fourth-order valence-corrected chi connectivity index (χ4v) is 4.56. The van der Waals surface area contributed by atoms with Crippen molar-refractivity contribution in [1.29, 1.82) is 0 Å². The maximum atomic E-state index is 13.1. The summed E-state index contributed by atoms with van der Waals surface area (Å²) < 4.78 is 44.5. The molecule has 36 heavy (non-hydrogen) atoms. The zero-order chi connectivity index (χ0) is 26.8. The zero-order valence-electron chi connectivity index (χ0n) is 21.2. The first-order valence-corrected chi connectivity index (χ1v) is 12.0. The molecule has 8 nitrogen and oxygen atoms in total. The number of alkyl halides is 3. The molecule has 2 aliphatic rings. The maximum Gasteiger partial charge on any atom is 0.416 e. The minimum atomic E-state index is -4.50. The summed E-state index contributed by atoms with van der Waals surface area (Å²) in [5.41, 5.74) is 0.103. The number of esters is 1. The monoisotopic (exact) mass is 510 g/mol. The Balaban J connectivity index is 1.95. The molecule has 2 heterocycles. The van der Waals surface area contributed by atoms with Gasteiger partial charge in [-0.25, -0.2) is 9.59 Å². The number of amides is 3. The Morgan fingerprint density at radius 3 is 2.33 bits per heavy atom. The van der Waals surface area contributed by atoms with E-state index in [0.29, 0.717) is 30.9 Å². The third kappa shape index (κ3) is 5.83. The average Bonchev–Trinajstić information content (AvgIpc) is 2.81. The quantitative estimate of drug-likeness (QED) is 0.594. The SMILES string of the molecule is CCOC(=O)C1=C(CN2CCN(C(=O)C(C)C)[C@@H](C)C2)N(C)C(=O)N[C@@H]1c1ccc(C(F)(F)F)cc1. The molecule has 0 radical (unpaired) electrons. The summed E-state index contributed by atoms with van der Waals surface area (Å²) >= 11 is 0. The maximum absolute atomic E-state index is 13.1. The molecule has 0 aliphatic carbocycles. The largest absolute Gasteiger partial charge is 0.463 e. The molecule has 1 saturated heterocycles. The standard InChI is InChI=1S/C25H33F3N4O4/c1-6-36-23(34)20-19(14-31-11-12-32(16(4)13-31)22(33)15(2)3)30(5)24(35)29-21(20)17-7-9-18(10-8-17)25(26,27)28/h7-10,15-16,21H,6,11-14H2,1-5H3,(H,29,35)/t16-,21+/m0/s1. The van der Waals surface area contributed by atoms with Crippen LogP contribution in [0.3, 0.4) is 0 Å². The van der Waals surface area contributed by atoms with Crippen LogP contribution < -0.4 is 5.32 Å². The van der Waals surface area contributed by atoms with Crippen LogP contribution in [0.15, 0.2) is 35.5 Å². The summed E-state index contributed by atoms with van der Waals surface area (Å²) in [7, 11) is 1.54. The Hall–Kier alpha value is -3.08. The number of nitrogens with one attached hydrogen (secondary N) is 1. The van der Waals surface area contributed by atoms with E-state index < -0.39 is 29.8 Å². The number of halogens is 3. The smallest absolute Gasteiger partial charge is 0.416 e. The molecule has 11 heteroatoms. The lowest BCUT2D eigenvalue weighted by atomic mass is 9.93. The second-order valence-electron chi connectivity index (χ2n) is 9.41. The van der Waals surface area contributed by atoms with Gasteiger partial charge in [-0.2, -0.15) is 13.2 Å². The van der Waals surface area contributed by atoms with Crippen LogP contribution in [0.25, 0.3) is 0 Å². The number of hydrogen-bond acceptors (Lipinski definition) is 5. The van der Waals surface area contributed by atoms with Crippen LogP contribution in [0.2, 0.25) is 0 Å². The van der Waals surface area contributed by atoms with Gasteiger partial charge in [-0.1, -0.05) is 26.0 Å². The van der Waals surface area contributed by atoms with E-state index in [4.69, 9.17) is 4.74 Å². The number of carbonyl (C=O) groups is 3. The fourth-order valence-electron chi connectivity index (χ4n) is 4.56. The first-order chi connectivity index (χ1) is 16.8. The summed E-state index contributed by atoms with van der Waals surface area (Å²) in [4.78, 5) is 43.7. The van der Waals surface area contributed by atoms with Crippen molar-refractivity contribution in [2.45, 2.75) is 46.0 Å². The molecular formula is C25H33F3N4O4. The zero-order valence-corrected chi connectivity index (χ0v) is 21.2. The molecule has 1 aromatic carbocycles. The first-order valence-electron chi connectivity index (χ1n) is 12.0. The summed E-state index contributed by atoms with van der Waals surface area (Å²) in [6.45, 7) is 9.26. The second-order valence-corrected chi connectivity index (χ2v) is 9.41. The van der Waals surface area contributed by atoms with Gasteiger partial charge >= 0.3 is 18.2 Å². The molecule has 0 unspecified atom stereocenters. The minimum absolute atomic E-state index is 0.0614. The number of benzene rings is 1. The summed E-state index contributed by atoms with van der Waals surface area (Å²) in [6, 6.07) is 2.86. The molecule has 2 atom stereocenters. The lowest BCUT2D eigenvalue weighted by Crippen LogP contribution is -2.56. The summed E-state index contributed by atoms with van der Waals surface area (Å²) in [6.07, 6.45) is -4.50. The molecule has 3 amide bonds. The van der Waals surface area contributed by atoms with Gasteiger partial charge in [0.25, 0.3) is 0 Å². The number of hydrogen-bond donors (Lipinski definition) is 1. The van der Waals surface area contributed by atoms with Gasteiger partial charge in [0, 0.05) is 50.9 Å². The molecule has 198 valence electrons. The third-order valence-electron chi connectivity index (χ3n) is 6.51. The number of rotatable bonds is 6. The lowest BCUT2D eigenvalue weighted by Gasteiger charge is -2.42. The van der Waals surface area contributed by atoms with Gasteiger partial charge in [-0.05, 0) is 31.5 Å². The minimum Gasteiger partial charge on any atom is -0.463 e. The average molecular weight is 511 g/mol. The van der Waals surface area contributed by atoms with Crippen molar-refractivity contribution < 1.29 is 32.3 Å². The molecule has 1 N–H and O–H groups in total. The van der Waals surface area contributed by atoms with Crippen LogP contribution in [-0.2, 0) is 20.5 Å². The highest BCUT2D eigenvalue weighted by Crippen LogP contribution is 2.34. The van der Waals surface area contributed by atoms with Crippen molar-refractivity contribution in [3.05, 3.63) is 46.7 Å². The number of ether oxygens (including phenoxy) is 1. The molecule has 0 bridgehead atoms. The van der Waals surface area contributed by atoms with Crippen molar-refractivity contribution in [3.63, 3.8) is 0 Å². The summed E-state index contributed by atoms with van der Waals surface area (Å²) in [5, 5.41) is 2.72. The van der Waals surface area contributed by atoms with Crippen LogP contribution in [0.5, 0.6) is 0 Å². The molecular weight excluding hydrogens is 477 g/mol. The number of likely N-dealkylation sites (N-methyl/N-ethyl adjacent to an activating group) is 1. The van der Waals surface area contributed by atoms with E-state index in [-0.39, 0.29) is 36.6 Å². The van der Waals surface area contributed by atoms with Crippen LogP contribution in [-0.4, -0.2) is 78.5 Å². The molecule has 1 aromatic rings. The van der Waals surface area contributed by atoms with Crippen LogP contribution in [0.1, 0.15) is 44.9 Å². The van der Waals surface area contributed by atoms with Crippen molar-refractivity contribution in [3.8, 4) is 0 Å². The van der Waals surface area contributed by atoms with E-state index >= 15 is 0 Å². The third-order valence-corrected chi connectivity index (χ3v) is 6.51. The normalized spacial score (nSPS) is 21.6. The van der Waals surface area contributed by atoms with Crippen molar-refractivity contribution in [1.82, 2.24) is 20.0 Å². The highest BCUT2D eigenvalue weighted by molar-refractivity contribution is 5.95. The van der Waals surface area contributed by atoms with Crippen molar-refractivity contribution in [2.24, 2.45) is 5.92 Å². The topological polar surface area (TPSA) is 82.2 Å². The van der Waals surface area contributed by atoms with E-state index in [9.17, 15) is 27.6 Å². The highest BCUT2D eigenvalue weighted by atomic mass is 19.4. The van der Waals surface area contributed by atoms with Gasteiger partial charge in [0.1, 0.15) is 0 Å². The van der Waals surface area contributed by atoms with E-state index in [1.807, 2.05) is 25.7 Å². The Labute approximate surface area is 209 Å². The number of nitrogens with zero attached hydrogens (tertiary/aromatic N) is 3. The van der Waals surface area contributed by atoms with Gasteiger partial charge in [-0.15, -0.1) is 0 Å². The predicted molar refractivity (Wildman–Crippen MR) is 127 cm³/mol. The van der Waals surface area contributed by atoms with Gasteiger partial charge < -0.3 is 15.0 Å². The van der Waals surface area contributed by atoms with E-state index in [0.717, 1.165) is 12.1 Å². The highest BCUT2D eigenvalue weighted by Gasteiger charge is 2.39. The van der Waals surface area contributed by atoms with Gasteiger partial charge in [-0.3, -0.25) is 14.6 Å². The Morgan fingerprint density at radius 2 is 1.81 bits per heavy atom. The van der Waals surface area contributed by atoms with Crippen LogP contribution in [0.4, 0.5) is 18.0 Å². The molecule has 0 spiro atoms. The second kappa shape index (κ2) is 10.9. The lowest BCUT2D eigenvalue weighted by molar-refractivity contribution is -0.139. The van der Waals surface area contributed by atoms with Gasteiger partial charge in [0.05, 0.1) is 23.8 Å². The molecule has 0 saturated carbocycles. The number of piperazine rings is 1. The molecule has 1 fully saturated rings. The van der Waals surface area contributed by atoms with Crippen LogP contribution in [0, 0.1) is 5.92 Å². The van der Waals surface area contributed by atoms with Crippen molar-refractivity contribution in [2.75, 3.05) is 39.8 Å². The summed E-state index contributed by atoms with van der Waals surface area (Å²) in [5.74, 6) is -0.689. The molecule has 2 aliphatic heterocycles. The Kier molecular flexibility index (Phi) is 8.33. The van der Waals surface area contributed by atoms with E-state index in [2.05, 4.69) is 10.2 Å². The molecule has 0 aromatic heterocycles. The Bertz CT molecular complexity index is 1020. The van der Waals surface area contributed by atoms with Crippen LogP contribution >= 0.6 is 0 Å². The number of carbonyl (C=O) groups excluding carboxylic acids is 3. The molecule has 3 rings (SSSR count). The number of urea groups is 1. The predicted octanol–water partition coefficient (Wildman–Crippen LogP) is 3.41. The van der Waals surface area contributed by atoms with Gasteiger partial charge in [0.2, 0.25) is 5.91 Å². The van der Waals surface area contributed by atoms with Gasteiger partial charge in [0.15, 0.2) is 0 Å².